The van der Waals surface area contributed by atoms with E-state index in [2.05, 4.69) is 15.2 Å². The second-order valence-electron chi connectivity index (χ2n) is 5.52. The van der Waals surface area contributed by atoms with Crippen LogP contribution in [0.1, 0.15) is 18.2 Å². The van der Waals surface area contributed by atoms with Crippen LogP contribution in [0.2, 0.25) is 0 Å². The van der Waals surface area contributed by atoms with E-state index in [4.69, 9.17) is 9.26 Å². The first-order valence-corrected chi connectivity index (χ1v) is 9.46. The number of sulfonamides is 1. The molecule has 2 N–H and O–H groups in total. The highest BCUT2D eigenvalue weighted by atomic mass is 32.2. The molecule has 27 heavy (non-hydrogen) atoms. The molecule has 1 aromatic heterocycles. The summed E-state index contributed by atoms with van der Waals surface area (Å²) in [6, 6.07) is 10.3. The van der Waals surface area contributed by atoms with Crippen LogP contribution in [0.25, 0.3) is 6.08 Å². The topological polar surface area (TPSA) is 128 Å². The highest BCUT2D eigenvalue weighted by Crippen LogP contribution is 2.08. The van der Waals surface area contributed by atoms with Gasteiger partial charge < -0.3 is 14.6 Å². The maximum atomic E-state index is 11.9. The molecule has 1 aromatic carbocycles. The lowest BCUT2D eigenvalue weighted by molar-refractivity contribution is -0.151. The number of ether oxygens (including phenoxy) is 1. The average molecular weight is 393 g/mol. The predicted octanol–water partition coefficient (Wildman–Crippen LogP) is 1.44. The Morgan fingerprint density at radius 1 is 1.30 bits per heavy atom. The lowest BCUT2D eigenvalue weighted by Crippen LogP contribution is -2.35. The number of hydrogen-bond acceptors (Lipinski definition) is 7. The fraction of sp³-hybridized carbons (Fsp3) is 0.235. The molecule has 1 amide bonds. The Balaban J connectivity index is 1.80. The molecule has 1 heterocycles. The molecule has 0 fully saturated rings. The minimum atomic E-state index is -3.83. The Morgan fingerprint density at radius 3 is 2.63 bits per heavy atom. The lowest BCUT2D eigenvalue weighted by atomic mass is 10.2. The molecule has 144 valence electrons. The van der Waals surface area contributed by atoms with Crippen molar-refractivity contribution < 1.29 is 27.3 Å². The van der Waals surface area contributed by atoms with Crippen molar-refractivity contribution in [3.05, 3.63) is 53.1 Å². The molecule has 1 atom stereocenters. The van der Waals surface area contributed by atoms with Crippen LogP contribution in [-0.2, 0) is 24.3 Å². The van der Waals surface area contributed by atoms with Crippen molar-refractivity contribution in [2.45, 2.75) is 20.0 Å². The highest BCUT2D eigenvalue weighted by Gasteiger charge is 2.20. The SMILES string of the molecule is Cc1cc(NC(=O)[C@@H](C)OC(=O)CNS(=O)(=O)/C=C/c2ccccc2)no1. The van der Waals surface area contributed by atoms with Gasteiger partial charge in [0.15, 0.2) is 11.9 Å². The van der Waals surface area contributed by atoms with Crippen molar-refractivity contribution in [2.75, 3.05) is 11.9 Å². The zero-order valence-electron chi connectivity index (χ0n) is 14.7. The van der Waals surface area contributed by atoms with E-state index in [0.29, 0.717) is 11.3 Å². The molecule has 0 saturated carbocycles. The molecule has 2 aromatic rings. The van der Waals surface area contributed by atoms with Crippen molar-refractivity contribution in [1.29, 1.82) is 0 Å². The zero-order chi connectivity index (χ0) is 19.9. The minimum absolute atomic E-state index is 0.187. The van der Waals surface area contributed by atoms with Crippen LogP contribution in [0, 0.1) is 6.92 Å². The summed E-state index contributed by atoms with van der Waals surface area (Å²) in [7, 11) is -3.83. The third-order valence-electron chi connectivity index (χ3n) is 3.21. The van der Waals surface area contributed by atoms with Gasteiger partial charge in [-0.05, 0) is 25.5 Å². The molecule has 0 aliphatic rings. The fourth-order valence-electron chi connectivity index (χ4n) is 1.89. The Hall–Kier alpha value is -2.98. The summed E-state index contributed by atoms with van der Waals surface area (Å²) in [6.45, 7) is 2.40. The Kier molecular flexibility index (Phi) is 6.85. The third-order valence-corrected chi connectivity index (χ3v) is 4.25. The van der Waals surface area contributed by atoms with Gasteiger partial charge in [0.25, 0.3) is 5.91 Å². The molecule has 0 spiro atoms. The average Bonchev–Trinajstić information content (AvgIpc) is 3.04. The number of aryl methyl sites for hydroxylation is 1. The monoisotopic (exact) mass is 393 g/mol. The quantitative estimate of drug-likeness (QED) is 0.650. The smallest absolute Gasteiger partial charge is 0.321 e. The van der Waals surface area contributed by atoms with E-state index < -0.39 is 34.5 Å². The van der Waals surface area contributed by atoms with Gasteiger partial charge in [-0.15, -0.1) is 0 Å². The standard InChI is InChI=1S/C17H19N3O6S/c1-12-10-15(20-26-12)19-17(22)13(2)25-16(21)11-18-27(23,24)9-8-14-6-4-3-5-7-14/h3-10,13,18H,11H2,1-2H3,(H,19,20,22)/b9-8+/t13-/m1/s1. The van der Waals surface area contributed by atoms with Gasteiger partial charge in [-0.2, -0.15) is 0 Å². The van der Waals surface area contributed by atoms with E-state index in [1.807, 2.05) is 0 Å². The van der Waals surface area contributed by atoms with Crippen molar-refractivity contribution in [1.82, 2.24) is 9.88 Å². The summed E-state index contributed by atoms with van der Waals surface area (Å²) in [4.78, 5) is 23.6. The fourth-order valence-corrected chi connectivity index (χ4v) is 2.64. The van der Waals surface area contributed by atoms with E-state index in [0.717, 1.165) is 5.41 Å². The first-order valence-electron chi connectivity index (χ1n) is 7.91. The van der Waals surface area contributed by atoms with Gasteiger partial charge in [-0.1, -0.05) is 35.5 Å². The van der Waals surface area contributed by atoms with Crippen LogP contribution in [0.15, 0.2) is 46.3 Å². The van der Waals surface area contributed by atoms with Crippen LogP contribution < -0.4 is 10.0 Å². The van der Waals surface area contributed by atoms with E-state index in [9.17, 15) is 18.0 Å². The maximum Gasteiger partial charge on any atom is 0.321 e. The van der Waals surface area contributed by atoms with Gasteiger partial charge in [0.05, 0.1) is 0 Å². The van der Waals surface area contributed by atoms with E-state index in [1.54, 1.807) is 37.3 Å². The molecule has 0 saturated heterocycles. The Labute approximate surface area is 156 Å². The van der Waals surface area contributed by atoms with Gasteiger partial charge in [0.2, 0.25) is 10.0 Å². The second-order valence-corrected chi connectivity index (χ2v) is 7.17. The van der Waals surface area contributed by atoms with Gasteiger partial charge >= 0.3 is 5.97 Å². The molecule has 2 rings (SSSR count). The van der Waals surface area contributed by atoms with Crippen molar-refractivity contribution in [3.8, 4) is 0 Å². The summed E-state index contributed by atoms with van der Waals surface area (Å²) in [5.41, 5.74) is 0.693. The lowest BCUT2D eigenvalue weighted by Gasteiger charge is -2.12. The molecule has 0 bridgehead atoms. The minimum Gasteiger partial charge on any atom is -0.452 e. The molecule has 0 radical (unpaired) electrons. The van der Waals surface area contributed by atoms with Crippen molar-refractivity contribution >= 4 is 33.8 Å². The summed E-state index contributed by atoms with van der Waals surface area (Å²) < 4.78 is 35.5. The van der Waals surface area contributed by atoms with Crippen LogP contribution >= 0.6 is 0 Å². The largest absolute Gasteiger partial charge is 0.452 e. The Bertz CT molecular complexity index is 921. The first kappa shape index (κ1) is 20.3. The van der Waals surface area contributed by atoms with Crippen molar-refractivity contribution in [3.63, 3.8) is 0 Å². The van der Waals surface area contributed by atoms with Crippen LogP contribution in [0.5, 0.6) is 0 Å². The van der Waals surface area contributed by atoms with Crippen molar-refractivity contribution in [2.24, 2.45) is 0 Å². The molecule has 10 heteroatoms. The predicted molar refractivity (Wildman–Crippen MR) is 97.8 cm³/mol. The third kappa shape index (κ3) is 7.04. The number of amides is 1. The summed E-state index contributed by atoms with van der Waals surface area (Å²) >= 11 is 0. The number of aromatic nitrogens is 1. The van der Waals surface area contributed by atoms with Gasteiger partial charge in [0, 0.05) is 11.5 Å². The zero-order valence-corrected chi connectivity index (χ0v) is 15.5. The molecule has 9 nitrogen and oxygen atoms in total. The molecule has 0 aliphatic heterocycles. The van der Waals surface area contributed by atoms with Crippen LogP contribution in [-0.4, -0.2) is 38.1 Å². The number of benzene rings is 1. The second kappa shape index (κ2) is 9.10. The normalized spacial score (nSPS) is 12.7. The number of anilines is 1. The van der Waals surface area contributed by atoms with Gasteiger partial charge in [-0.3, -0.25) is 9.59 Å². The summed E-state index contributed by atoms with van der Waals surface area (Å²) in [5, 5.41) is 6.94. The number of esters is 1. The number of rotatable bonds is 8. The van der Waals surface area contributed by atoms with Gasteiger partial charge in [0.1, 0.15) is 12.3 Å². The van der Waals surface area contributed by atoms with E-state index >= 15 is 0 Å². The van der Waals surface area contributed by atoms with E-state index in [1.165, 1.54) is 19.1 Å². The highest BCUT2D eigenvalue weighted by molar-refractivity contribution is 7.92. The van der Waals surface area contributed by atoms with E-state index in [-0.39, 0.29) is 5.82 Å². The number of nitrogens with zero attached hydrogens (tertiary/aromatic N) is 1. The molecule has 0 aliphatic carbocycles. The Morgan fingerprint density at radius 2 is 2.00 bits per heavy atom. The molecular weight excluding hydrogens is 374 g/mol. The number of carbonyl (C=O) groups excluding carboxylic acids is 2. The number of hydrogen-bond donors (Lipinski definition) is 2. The number of carbonyl (C=O) groups is 2. The summed E-state index contributed by atoms with van der Waals surface area (Å²) in [6.07, 6.45) is 0.253. The molecule has 0 unspecified atom stereocenters. The summed E-state index contributed by atoms with van der Waals surface area (Å²) in [5.74, 6) is -0.825. The van der Waals surface area contributed by atoms with Gasteiger partial charge in [-0.25, -0.2) is 13.1 Å². The number of nitrogens with one attached hydrogen (secondary N) is 2. The van der Waals surface area contributed by atoms with Crippen LogP contribution in [0.4, 0.5) is 5.82 Å². The maximum absolute atomic E-state index is 11.9. The first-order chi connectivity index (χ1) is 12.7. The molecular formula is C17H19N3O6S. The van der Waals surface area contributed by atoms with Crippen LogP contribution in [0.3, 0.4) is 0 Å².